The second-order valence-corrected chi connectivity index (χ2v) is 5.85. The van der Waals surface area contributed by atoms with Crippen LogP contribution in [0.3, 0.4) is 0 Å². The van der Waals surface area contributed by atoms with Crippen LogP contribution in [0.2, 0.25) is 0 Å². The first-order valence-electron chi connectivity index (χ1n) is 7.64. The van der Waals surface area contributed by atoms with Crippen molar-refractivity contribution in [1.82, 2.24) is 0 Å². The van der Waals surface area contributed by atoms with Gasteiger partial charge in [0.05, 0.1) is 0 Å². The van der Waals surface area contributed by atoms with Crippen molar-refractivity contribution >= 4 is 0 Å². The van der Waals surface area contributed by atoms with Crippen molar-refractivity contribution in [2.24, 2.45) is 0 Å². The fraction of sp³-hybridized carbons (Fsp3) is 0.143. The second kappa shape index (κ2) is 6.07. The Morgan fingerprint density at radius 3 is 1.45 bits per heavy atom. The zero-order valence-electron chi connectivity index (χ0n) is 13.0. The van der Waals surface area contributed by atoms with Crippen molar-refractivity contribution in [3.8, 4) is 28.0 Å². The Labute approximate surface area is 131 Å². The number of hydrogen-bond acceptors (Lipinski definition) is 1. The number of benzene rings is 3. The molecule has 0 aliphatic rings. The van der Waals surface area contributed by atoms with Crippen molar-refractivity contribution < 1.29 is 5.11 Å². The van der Waals surface area contributed by atoms with Gasteiger partial charge in [-0.25, -0.2) is 0 Å². The van der Waals surface area contributed by atoms with Gasteiger partial charge in [0.25, 0.3) is 0 Å². The Kier molecular flexibility index (Phi) is 3.97. The SMILES string of the molecule is CC(C)c1cc(-c2ccccc2)c(O)c(-c2ccccc2)c1. The molecule has 0 bridgehead atoms. The standard InChI is InChI=1S/C21H20O/c1-15(2)18-13-19(16-9-5-3-6-10-16)21(22)20(14-18)17-11-7-4-8-12-17/h3-15,22H,1-2H3. The van der Waals surface area contributed by atoms with E-state index in [-0.39, 0.29) is 0 Å². The molecule has 3 aromatic carbocycles. The maximum absolute atomic E-state index is 10.8. The molecule has 22 heavy (non-hydrogen) atoms. The van der Waals surface area contributed by atoms with Gasteiger partial charge >= 0.3 is 0 Å². The van der Waals surface area contributed by atoms with Crippen LogP contribution in [0.25, 0.3) is 22.3 Å². The molecule has 1 N–H and O–H groups in total. The molecule has 3 aromatic rings. The summed E-state index contributed by atoms with van der Waals surface area (Å²) in [6.45, 7) is 4.35. The minimum absolute atomic E-state index is 0.349. The molecule has 0 aliphatic heterocycles. The molecule has 0 saturated heterocycles. The molecule has 0 fully saturated rings. The maximum Gasteiger partial charge on any atom is 0.131 e. The highest BCUT2D eigenvalue weighted by molar-refractivity contribution is 5.83. The first-order valence-corrected chi connectivity index (χ1v) is 7.64. The second-order valence-electron chi connectivity index (χ2n) is 5.85. The quantitative estimate of drug-likeness (QED) is 0.641. The Morgan fingerprint density at radius 1 is 0.682 bits per heavy atom. The average Bonchev–Trinajstić information content (AvgIpc) is 2.56. The van der Waals surface area contributed by atoms with Crippen LogP contribution < -0.4 is 0 Å². The molecule has 1 nitrogen and oxygen atoms in total. The Morgan fingerprint density at radius 2 is 1.09 bits per heavy atom. The van der Waals surface area contributed by atoms with Gasteiger partial charge in [-0.2, -0.15) is 0 Å². The van der Waals surface area contributed by atoms with Crippen LogP contribution in [-0.2, 0) is 0 Å². The van der Waals surface area contributed by atoms with Gasteiger partial charge in [-0.1, -0.05) is 74.5 Å². The van der Waals surface area contributed by atoms with Gasteiger partial charge in [-0.15, -0.1) is 0 Å². The Bertz CT molecular complexity index is 698. The fourth-order valence-electron chi connectivity index (χ4n) is 2.67. The summed E-state index contributed by atoms with van der Waals surface area (Å²) in [7, 11) is 0. The number of hydrogen-bond donors (Lipinski definition) is 1. The van der Waals surface area contributed by atoms with E-state index in [4.69, 9.17) is 0 Å². The summed E-state index contributed by atoms with van der Waals surface area (Å²) in [5.74, 6) is 0.757. The van der Waals surface area contributed by atoms with Crippen LogP contribution in [0, 0.1) is 0 Å². The third-order valence-electron chi connectivity index (χ3n) is 3.97. The largest absolute Gasteiger partial charge is 0.507 e. The molecule has 0 aliphatic carbocycles. The molecule has 0 amide bonds. The molecule has 0 unspecified atom stereocenters. The normalized spacial score (nSPS) is 10.9. The van der Waals surface area contributed by atoms with Gasteiger partial charge in [0, 0.05) is 11.1 Å². The van der Waals surface area contributed by atoms with Gasteiger partial charge in [-0.3, -0.25) is 0 Å². The lowest BCUT2D eigenvalue weighted by atomic mass is 9.91. The van der Waals surface area contributed by atoms with Crippen molar-refractivity contribution in [2.75, 3.05) is 0 Å². The van der Waals surface area contributed by atoms with E-state index in [9.17, 15) is 5.11 Å². The predicted octanol–water partition coefficient (Wildman–Crippen LogP) is 5.85. The summed E-state index contributed by atoms with van der Waals surface area (Å²) in [6, 6.07) is 24.3. The van der Waals surface area contributed by atoms with Crippen LogP contribution in [0.15, 0.2) is 72.8 Å². The molecule has 0 radical (unpaired) electrons. The summed E-state index contributed by atoms with van der Waals surface area (Å²) >= 11 is 0. The lowest BCUT2D eigenvalue weighted by molar-refractivity contribution is 0.479. The summed E-state index contributed by atoms with van der Waals surface area (Å²) in [4.78, 5) is 0. The number of phenols is 1. The van der Waals surface area contributed by atoms with E-state index < -0.39 is 0 Å². The smallest absolute Gasteiger partial charge is 0.131 e. The third-order valence-corrected chi connectivity index (χ3v) is 3.97. The van der Waals surface area contributed by atoms with Gasteiger partial charge in [0.15, 0.2) is 0 Å². The van der Waals surface area contributed by atoms with Crippen molar-refractivity contribution in [3.05, 3.63) is 78.4 Å². The van der Waals surface area contributed by atoms with E-state index in [0.29, 0.717) is 11.7 Å². The molecule has 0 saturated carbocycles. The van der Waals surface area contributed by atoms with E-state index >= 15 is 0 Å². The van der Waals surface area contributed by atoms with E-state index in [1.807, 2.05) is 60.7 Å². The molecule has 1 heteroatoms. The highest BCUT2D eigenvalue weighted by atomic mass is 16.3. The maximum atomic E-state index is 10.8. The van der Waals surface area contributed by atoms with E-state index in [1.54, 1.807) is 0 Å². The Hall–Kier alpha value is -2.54. The minimum atomic E-state index is 0.349. The summed E-state index contributed by atoms with van der Waals surface area (Å²) in [5.41, 5.74) is 5.10. The van der Waals surface area contributed by atoms with Gasteiger partial charge in [-0.05, 0) is 34.7 Å². The molecule has 0 atom stereocenters. The molecule has 0 aromatic heterocycles. The zero-order chi connectivity index (χ0) is 15.5. The summed E-state index contributed by atoms with van der Waals surface area (Å²) in [5, 5.41) is 10.8. The van der Waals surface area contributed by atoms with Crippen molar-refractivity contribution in [2.45, 2.75) is 19.8 Å². The lowest BCUT2D eigenvalue weighted by Gasteiger charge is -2.15. The molecule has 0 heterocycles. The number of aromatic hydroxyl groups is 1. The van der Waals surface area contributed by atoms with Gasteiger partial charge in [0.1, 0.15) is 5.75 Å². The highest BCUT2D eigenvalue weighted by Crippen LogP contribution is 2.40. The molecular formula is C21H20O. The molecule has 110 valence electrons. The molecule has 3 rings (SSSR count). The first-order chi connectivity index (χ1) is 10.7. The van der Waals surface area contributed by atoms with E-state index in [2.05, 4.69) is 26.0 Å². The predicted molar refractivity (Wildman–Crippen MR) is 93.1 cm³/mol. The van der Waals surface area contributed by atoms with Crippen molar-refractivity contribution in [1.29, 1.82) is 0 Å². The van der Waals surface area contributed by atoms with Crippen LogP contribution in [0.1, 0.15) is 25.3 Å². The van der Waals surface area contributed by atoms with Gasteiger partial charge < -0.3 is 5.11 Å². The fourth-order valence-corrected chi connectivity index (χ4v) is 2.67. The Balaban J connectivity index is 2.25. The molecule has 0 spiro atoms. The summed E-state index contributed by atoms with van der Waals surface area (Å²) < 4.78 is 0. The van der Waals surface area contributed by atoms with E-state index in [0.717, 1.165) is 22.3 Å². The lowest BCUT2D eigenvalue weighted by Crippen LogP contribution is -1.92. The van der Waals surface area contributed by atoms with Crippen LogP contribution in [0.4, 0.5) is 0 Å². The molecular weight excluding hydrogens is 268 g/mol. The van der Waals surface area contributed by atoms with Gasteiger partial charge in [0.2, 0.25) is 0 Å². The van der Waals surface area contributed by atoms with Crippen molar-refractivity contribution in [3.63, 3.8) is 0 Å². The zero-order valence-corrected chi connectivity index (χ0v) is 13.0. The van der Waals surface area contributed by atoms with Crippen LogP contribution >= 0.6 is 0 Å². The first kappa shape index (κ1) is 14.4. The van der Waals surface area contributed by atoms with Crippen LogP contribution in [0.5, 0.6) is 5.75 Å². The average molecular weight is 288 g/mol. The monoisotopic (exact) mass is 288 g/mol. The third kappa shape index (κ3) is 2.75. The minimum Gasteiger partial charge on any atom is -0.507 e. The van der Waals surface area contributed by atoms with Crippen LogP contribution in [-0.4, -0.2) is 5.11 Å². The number of phenolic OH excluding ortho intramolecular Hbond substituents is 1. The number of rotatable bonds is 3. The van der Waals surface area contributed by atoms with E-state index in [1.165, 1.54) is 5.56 Å². The highest BCUT2D eigenvalue weighted by Gasteiger charge is 2.14. The topological polar surface area (TPSA) is 20.2 Å². The summed E-state index contributed by atoms with van der Waals surface area (Å²) in [6.07, 6.45) is 0.